The Balaban J connectivity index is 1.53. The van der Waals surface area contributed by atoms with Crippen molar-refractivity contribution >= 4 is 35.0 Å². The monoisotopic (exact) mass is 392 g/mol. The third-order valence-corrected chi connectivity index (χ3v) is 4.75. The zero-order chi connectivity index (χ0) is 19.5. The zero-order valence-corrected chi connectivity index (χ0v) is 15.6. The van der Waals surface area contributed by atoms with E-state index in [0.29, 0.717) is 22.8 Å². The average molecular weight is 393 g/mol. The van der Waals surface area contributed by atoms with Crippen molar-refractivity contribution in [1.82, 2.24) is 0 Å². The number of rotatable bonds is 4. The quantitative estimate of drug-likeness (QED) is 0.665. The molecular weight excluding hydrogens is 376 g/mol. The normalized spacial score (nSPS) is 15.2. The van der Waals surface area contributed by atoms with Crippen molar-refractivity contribution in [2.24, 2.45) is 0 Å². The third kappa shape index (κ3) is 3.70. The standard InChI is InChI=1S/C22H17ClN2O3/c23-16-10-12-17(13-11-16)24-22(27)28-20-18-8-4-5-9-19(18)25(21(20)26)14-15-6-2-1-3-7-15/h1-13,20H,14H2,(H,24,27)/t20-/m0/s1. The molecule has 1 N–H and O–H groups in total. The van der Waals surface area contributed by atoms with Crippen molar-refractivity contribution in [2.75, 3.05) is 10.2 Å². The Morgan fingerprint density at radius 3 is 2.39 bits per heavy atom. The zero-order valence-electron chi connectivity index (χ0n) is 14.8. The molecule has 0 aromatic heterocycles. The van der Waals surface area contributed by atoms with E-state index in [0.717, 1.165) is 11.3 Å². The molecule has 6 heteroatoms. The van der Waals surface area contributed by atoms with Crippen LogP contribution in [0.1, 0.15) is 17.2 Å². The van der Waals surface area contributed by atoms with Gasteiger partial charge in [0.05, 0.1) is 12.2 Å². The summed E-state index contributed by atoms with van der Waals surface area (Å²) in [5, 5.41) is 3.19. The number of fused-ring (bicyclic) bond motifs is 1. The maximum atomic E-state index is 13.0. The van der Waals surface area contributed by atoms with E-state index in [1.54, 1.807) is 35.2 Å². The molecule has 0 aliphatic carbocycles. The highest BCUT2D eigenvalue weighted by Crippen LogP contribution is 2.39. The Labute approximate surface area is 167 Å². The van der Waals surface area contributed by atoms with E-state index in [1.165, 1.54) is 0 Å². The highest BCUT2D eigenvalue weighted by molar-refractivity contribution is 6.30. The summed E-state index contributed by atoms with van der Waals surface area (Å²) in [5.41, 5.74) is 2.96. The summed E-state index contributed by atoms with van der Waals surface area (Å²) >= 11 is 5.85. The number of anilines is 2. The molecule has 28 heavy (non-hydrogen) atoms. The molecule has 1 aliphatic rings. The smallest absolute Gasteiger partial charge is 0.412 e. The number of carbonyl (C=O) groups is 2. The first kappa shape index (κ1) is 18.1. The van der Waals surface area contributed by atoms with Crippen LogP contribution in [0, 0.1) is 0 Å². The summed E-state index contributed by atoms with van der Waals surface area (Å²) < 4.78 is 5.48. The molecule has 1 aliphatic heterocycles. The number of para-hydroxylation sites is 1. The van der Waals surface area contributed by atoms with Crippen LogP contribution in [0.4, 0.5) is 16.2 Å². The summed E-state index contributed by atoms with van der Waals surface area (Å²) in [4.78, 5) is 27.0. The molecule has 0 spiro atoms. The molecule has 0 saturated heterocycles. The van der Waals surface area contributed by atoms with E-state index in [9.17, 15) is 9.59 Å². The summed E-state index contributed by atoms with van der Waals surface area (Å²) in [6.45, 7) is 0.412. The average Bonchev–Trinajstić information content (AvgIpc) is 2.96. The molecule has 1 heterocycles. The number of amides is 2. The molecular formula is C22H17ClN2O3. The SMILES string of the molecule is O=C(Nc1ccc(Cl)cc1)O[C@@H]1C(=O)N(Cc2ccccc2)c2ccccc21. The van der Waals surface area contributed by atoms with Crippen LogP contribution < -0.4 is 10.2 Å². The molecule has 5 nitrogen and oxygen atoms in total. The van der Waals surface area contributed by atoms with E-state index in [4.69, 9.17) is 16.3 Å². The Morgan fingerprint density at radius 2 is 1.64 bits per heavy atom. The second kappa shape index (κ2) is 7.74. The molecule has 4 rings (SSSR count). The Hall–Kier alpha value is -3.31. The van der Waals surface area contributed by atoms with Crippen LogP contribution in [0.15, 0.2) is 78.9 Å². The van der Waals surface area contributed by atoms with Gasteiger partial charge in [0.1, 0.15) is 0 Å². The first-order chi connectivity index (χ1) is 13.6. The molecule has 3 aromatic carbocycles. The molecule has 3 aromatic rings. The van der Waals surface area contributed by atoms with Gasteiger partial charge >= 0.3 is 6.09 Å². The van der Waals surface area contributed by atoms with Gasteiger partial charge in [0.15, 0.2) is 0 Å². The van der Waals surface area contributed by atoms with Crippen LogP contribution in [0.5, 0.6) is 0 Å². The Kier molecular flexibility index (Phi) is 5.00. The molecule has 0 bridgehead atoms. The van der Waals surface area contributed by atoms with Crippen molar-refractivity contribution in [3.05, 3.63) is 95.0 Å². The van der Waals surface area contributed by atoms with Gasteiger partial charge in [-0.1, -0.05) is 60.1 Å². The molecule has 0 fully saturated rings. The highest BCUT2D eigenvalue weighted by Gasteiger charge is 2.39. The number of hydrogen-bond acceptors (Lipinski definition) is 3. The van der Waals surface area contributed by atoms with E-state index < -0.39 is 12.2 Å². The molecule has 2 amide bonds. The van der Waals surface area contributed by atoms with Crippen LogP contribution in [0.3, 0.4) is 0 Å². The number of nitrogens with zero attached hydrogens (tertiary/aromatic N) is 1. The lowest BCUT2D eigenvalue weighted by molar-refractivity contribution is -0.125. The minimum atomic E-state index is -0.979. The van der Waals surface area contributed by atoms with Gasteiger partial charge < -0.3 is 9.64 Å². The minimum absolute atomic E-state index is 0.267. The summed E-state index contributed by atoms with van der Waals surface area (Å²) in [6.07, 6.45) is -1.68. The molecule has 1 atom stereocenters. The van der Waals surface area contributed by atoms with Crippen LogP contribution in [-0.4, -0.2) is 12.0 Å². The van der Waals surface area contributed by atoms with Crippen molar-refractivity contribution in [1.29, 1.82) is 0 Å². The number of halogens is 1. The lowest BCUT2D eigenvalue weighted by Crippen LogP contribution is -2.30. The van der Waals surface area contributed by atoms with E-state index >= 15 is 0 Å². The fourth-order valence-corrected chi connectivity index (χ4v) is 3.30. The third-order valence-electron chi connectivity index (χ3n) is 4.50. The number of carbonyl (C=O) groups excluding carboxylic acids is 2. The van der Waals surface area contributed by atoms with Gasteiger partial charge in [-0.15, -0.1) is 0 Å². The topological polar surface area (TPSA) is 58.6 Å². The fraction of sp³-hybridized carbons (Fsp3) is 0.0909. The predicted molar refractivity (Wildman–Crippen MR) is 108 cm³/mol. The second-order valence-electron chi connectivity index (χ2n) is 6.39. The largest absolute Gasteiger partial charge is 0.431 e. The van der Waals surface area contributed by atoms with Crippen LogP contribution >= 0.6 is 11.6 Å². The highest BCUT2D eigenvalue weighted by atomic mass is 35.5. The lowest BCUT2D eigenvalue weighted by Gasteiger charge is -2.18. The summed E-state index contributed by atoms with van der Waals surface area (Å²) in [6, 6.07) is 23.7. The van der Waals surface area contributed by atoms with Gasteiger partial charge in [-0.05, 0) is 35.9 Å². The van der Waals surface area contributed by atoms with Crippen LogP contribution in [-0.2, 0) is 16.1 Å². The first-order valence-electron chi connectivity index (χ1n) is 8.79. The van der Waals surface area contributed by atoms with E-state index in [2.05, 4.69) is 5.32 Å². The van der Waals surface area contributed by atoms with Crippen LogP contribution in [0.25, 0.3) is 0 Å². The van der Waals surface area contributed by atoms with Crippen molar-refractivity contribution in [3.63, 3.8) is 0 Å². The summed E-state index contributed by atoms with van der Waals surface area (Å²) in [5.74, 6) is -0.267. The Morgan fingerprint density at radius 1 is 0.964 bits per heavy atom. The lowest BCUT2D eigenvalue weighted by atomic mass is 10.1. The molecule has 0 saturated carbocycles. The minimum Gasteiger partial charge on any atom is -0.431 e. The second-order valence-corrected chi connectivity index (χ2v) is 6.82. The van der Waals surface area contributed by atoms with Crippen molar-refractivity contribution in [2.45, 2.75) is 12.6 Å². The number of hydrogen-bond donors (Lipinski definition) is 1. The van der Waals surface area contributed by atoms with Gasteiger partial charge in [0.2, 0.25) is 6.10 Å². The maximum absolute atomic E-state index is 13.0. The van der Waals surface area contributed by atoms with Gasteiger partial charge in [-0.25, -0.2) is 4.79 Å². The number of ether oxygens (including phenoxy) is 1. The predicted octanol–water partition coefficient (Wildman–Crippen LogP) is 5.18. The van der Waals surface area contributed by atoms with E-state index in [1.807, 2.05) is 48.5 Å². The number of benzene rings is 3. The number of nitrogens with one attached hydrogen (secondary N) is 1. The van der Waals surface area contributed by atoms with Gasteiger partial charge in [0.25, 0.3) is 5.91 Å². The Bertz CT molecular complexity index is 1010. The van der Waals surface area contributed by atoms with Crippen molar-refractivity contribution < 1.29 is 14.3 Å². The molecule has 0 radical (unpaired) electrons. The van der Waals surface area contributed by atoms with E-state index in [-0.39, 0.29) is 5.91 Å². The fourth-order valence-electron chi connectivity index (χ4n) is 3.18. The first-order valence-corrected chi connectivity index (χ1v) is 9.17. The van der Waals surface area contributed by atoms with Crippen molar-refractivity contribution in [3.8, 4) is 0 Å². The molecule has 140 valence electrons. The van der Waals surface area contributed by atoms with Crippen LogP contribution in [0.2, 0.25) is 5.02 Å². The summed E-state index contributed by atoms with van der Waals surface area (Å²) in [7, 11) is 0. The van der Waals surface area contributed by atoms with Gasteiger partial charge in [0, 0.05) is 16.3 Å². The van der Waals surface area contributed by atoms with Gasteiger partial charge in [-0.3, -0.25) is 10.1 Å². The van der Waals surface area contributed by atoms with Gasteiger partial charge in [-0.2, -0.15) is 0 Å². The maximum Gasteiger partial charge on any atom is 0.412 e. The molecule has 0 unspecified atom stereocenters.